The van der Waals surface area contributed by atoms with Crippen LogP contribution >= 0.6 is 15.9 Å². The maximum absolute atomic E-state index is 11.5. The van der Waals surface area contributed by atoms with Gasteiger partial charge in [0.1, 0.15) is 11.8 Å². The van der Waals surface area contributed by atoms with Crippen LogP contribution in [0.15, 0.2) is 22.7 Å². The number of benzene rings is 1. The lowest BCUT2D eigenvalue weighted by Gasteiger charge is -2.09. The van der Waals surface area contributed by atoms with Gasteiger partial charge in [-0.15, -0.1) is 0 Å². The van der Waals surface area contributed by atoms with E-state index in [9.17, 15) is 9.59 Å². The second-order valence-corrected chi connectivity index (χ2v) is 4.40. The molecule has 1 atom stereocenters. The summed E-state index contributed by atoms with van der Waals surface area (Å²) >= 11 is 3.28. The molecule has 0 fully saturated rings. The molecule has 7 heteroatoms. The maximum atomic E-state index is 11.5. The molecule has 1 aromatic carbocycles. The number of amides is 1. The summed E-state index contributed by atoms with van der Waals surface area (Å²) in [6.45, 7) is 0. The third-order valence-corrected chi connectivity index (χ3v) is 2.78. The fraction of sp³-hybridized carbons (Fsp3) is 0.273. The van der Waals surface area contributed by atoms with Gasteiger partial charge in [-0.05, 0) is 34.1 Å². The number of anilines is 1. The summed E-state index contributed by atoms with van der Waals surface area (Å²) in [5, 5.41) is 11.1. The van der Waals surface area contributed by atoms with E-state index in [1.807, 2.05) is 0 Å². The number of halogens is 1. The quantitative estimate of drug-likeness (QED) is 0.757. The van der Waals surface area contributed by atoms with Gasteiger partial charge in [0, 0.05) is 5.69 Å². The smallest absolute Gasteiger partial charge is 0.321 e. The molecule has 1 rings (SSSR count). The molecule has 1 aromatic rings. The van der Waals surface area contributed by atoms with Crippen LogP contribution in [0.5, 0.6) is 5.75 Å². The van der Waals surface area contributed by atoms with Crippen molar-refractivity contribution in [1.29, 1.82) is 0 Å². The first-order valence-electron chi connectivity index (χ1n) is 5.06. The first-order chi connectivity index (χ1) is 8.43. The lowest BCUT2D eigenvalue weighted by atomic mass is 10.2. The Kier molecular flexibility index (Phi) is 5.11. The van der Waals surface area contributed by atoms with Crippen LogP contribution in [0, 0.1) is 0 Å². The van der Waals surface area contributed by atoms with Gasteiger partial charge in [-0.25, -0.2) is 0 Å². The summed E-state index contributed by atoms with van der Waals surface area (Å²) in [5.41, 5.74) is 5.79. The van der Waals surface area contributed by atoms with E-state index in [4.69, 9.17) is 15.6 Å². The van der Waals surface area contributed by atoms with Crippen molar-refractivity contribution >= 4 is 33.5 Å². The van der Waals surface area contributed by atoms with Crippen molar-refractivity contribution in [3.05, 3.63) is 22.7 Å². The van der Waals surface area contributed by atoms with Crippen LogP contribution in [-0.2, 0) is 9.59 Å². The van der Waals surface area contributed by atoms with Gasteiger partial charge < -0.3 is 20.9 Å². The molecule has 0 saturated carbocycles. The normalized spacial score (nSPS) is 11.7. The predicted octanol–water partition coefficient (Wildman–Crippen LogP) is 1.20. The highest BCUT2D eigenvalue weighted by Crippen LogP contribution is 2.27. The van der Waals surface area contributed by atoms with Crippen LogP contribution in [0.3, 0.4) is 0 Å². The molecule has 0 heterocycles. The van der Waals surface area contributed by atoms with E-state index in [0.717, 1.165) is 0 Å². The Labute approximate surface area is 112 Å². The molecule has 98 valence electrons. The molecule has 0 aliphatic rings. The predicted molar refractivity (Wildman–Crippen MR) is 69.6 cm³/mol. The molecule has 0 saturated heterocycles. The van der Waals surface area contributed by atoms with Crippen LogP contribution in [0.4, 0.5) is 5.69 Å². The average molecular weight is 317 g/mol. The van der Waals surface area contributed by atoms with Gasteiger partial charge in [-0.2, -0.15) is 0 Å². The Morgan fingerprint density at radius 3 is 2.72 bits per heavy atom. The lowest BCUT2D eigenvalue weighted by molar-refractivity contribution is -0.140. The third kappa shape index (κ3) is 4.01. The number of nitrogens with one attached hydrogen (secondary N) is 1. The lowest BCUT2D eigenvalue weighted by Crippen LogP contribution is -2.34. The fourth-order valence-corrected chi connectivity index (χ4v) is 1.78. The molecule has 0 bridgehead atoms. The van der Waals surface area contributed by atoms with Gasteiger partial charge in [0.2, 0.25) is 5.91 Å². The molecular formula is C11H13BrN2O4. The second kappa shape index (κ2) is 6.36. The van der Waals surface area contributed by atoms with Gasteiger partial charge >= 0.3 is 5.97 Å². The SMILES string of the molecule is COc1ccc(NC(=O)CC(N)C(=O)O)cc1Br. The maximum Gasteiger partial charge on any atom is 0.321 e. The number of rotatable bonds is 5. The number of carbonyl (C=O) groups is 2. The number of carboxylic acids is 1. The number of aliphatic carboxylic acids is 1. The van der Waals surface area contributed by atoms with E-state index in [0.29, 0.717) is 15.9 Å². The van der Waals surface area contributed by atoms with Crippen molar-refractivity contribution in [2.75, 3.05) is 12.4 Å². The number of hydrogen-bond donors (Lipinski definition) is 3. The Morgan fingerprint density at radius 1 is 1.56 bits per heavy atom. The topological polar surface area (TPSA) is 102 Å². The van der Waals surface area contributed by atoms with Crippen molar-refractivity contribution in [2.24, 2.45) is 5.73 Å². The summed E-state index contributed by atoms with van der Waals surface area (Å²) < 4.78 is 5.73. The van der Waals surface area contributed by atoms with Gasteiger partial charge in [0.05, 0.1) is 18.0 Å². The first-order valence-corrected chi connectivity index (χ1v) is 5.85. The molecule has 1 amide bonds. The van der Waals surface area contributed by atoms with E-state index in [2.05, 4.69) is 21.2 Å². The van der Waals surface area contributed by atoms with Crippen LogP contribution in [0.2, 0.25) is 0 Å². The molecule has 6 nitrogen and oxygen atoms in total. The average Bonchev–Trinajstić information content (AvgIpc) is 2.28. The summed E-state index contributed by atoms with van der Waals surface area (Å²) in [4.78, 5) is 22.0. The minimum Gasteiger partial charge on any atom is -0.496 e. The number of carbonyl (C=O) groups excluding carboxylic acids is 1. The second-order valence-electron chi connectivity index (χ2n) is 3.55. The zero-order valence-corrected chi connectivity index (χ0v) is 11.2. The molecule has 0 radical (unpaired) electrons. The van der Waals surface area contributed by atoms with Gasteiger partial charge in [0.25, 0.3) is 0 Å². The zero-order chi connectivity index (χ0) is 13.7. The summed E-state index contributed by atoms with van der Waals surface area (Å²) in [5.74, 6) is -1.03. The van der Waals surface area contributed by atoms with Crippen molar-refractivity contribution in [3.63, 3.8) is 0 Å². The van der Waals surface area contributed by atoms with Crippen LogP contribution in [-0.4, -0.2) is 30.1 Å². The Morgan fingerprint density at radius 2 is 2.22 bits per heavy atom. The van der Waals surface area contributed by atoms with Crippen LogP contribution in [0.1, 0.15) is 6.42 Å². The molecule has 0 aliphatic carbocycles. The minimum atomic E-state index is -1.21. The molecule has 18 heavy (non-hydrogen) atoms. The number of methoxy groups -OCH3 is 1. The molecular weight excluding hydrogens is 304 g/mol. The zero-order valence-electron chi connectivity index (χ0n) is 9.64. The van der Waals surface area contributed by atoms with Crippen molar-refractivity contribution in [2.45, 2.75) is 12.5 Å². The van der Waals surface area contributed by atoms with Crippen LogP contribution < -0.4 is 15.8 Å². The van der Waals surface area contributed by atoms with Gasteiger partial charge in [-0.1, -0.05) is 0 Å². The Balaban J connectivity index is 2.65. The Bertz CT molecular complexity index is 464. The largest absolute Gasteiger partial charge is 0.496 e. The van der Waals surface area contributed by atoms with Gasteiger partial charge in [-0.3, -0.25) is 9.59 Å². The van der Waals surface area contributed by atoms with Crippen LogP contribution in [0.25, 0.3) is 0 Å². The summed E-state index contributed by atoms with van der Waals surface area (Å²) in [7, 11) is 1.53. The number of nitrogens with two attached hydrogens (primary N) is 1. The molecule has 0 spiro atoms. The fourth-order valence-electron chi connectivity index (χ4n) is 1.24. The third-order valence-electron chi connectivity index (χ3n) is 2.16. The standard InChI is InChI=1S/C11H13BrN2O4/c1-18-9-3-2-6(4-7(9)12)14-10(15)5-8(13)11(16)17/h2-4,8H,5,13H2,1H3,(H,14,15)(H,16,17). The van der Waals surface area contributed by atoms with Crippen molar-refractivity contribution in [1.82, 2.24) is 0 Å². The van der Waals surface area contributed by atoms with E-state index >= 15 is 0 Å². The van der Waals surface area contributed by atoms with Gasteiger partial charge in [0.15, 0.2) is 0 Å². The van der Waals surface area contributed by atoms with E-state index in [1.54, 1.807) is 18.2 Å². The molecule has 1 unspecified atom stereocenters. The minimum absolute atomic E-state index is 0.279. The highest BCUT2D eigenvalue weighted by molar-refractivity contribution is 9.10. The number of hydrogen-bond acceptors (Lipinski definition) is 4. The highest BCUT2D eigenvalue weighted by atomic mass is 79.9. The first kappa shape index (κ1) is 14.5. The highest BCUT2D eigenvalue weighted by Gasteiger charge is 2.16. The van der Waals surface area contributed by atoms with E-state index in [-0.39, 0.29) is 6.42 Å². The number of ether oxygens (including phenoxy) is 1. The molecule has 0 aromatic heterocycles. The molecule has 4 N–H and O–H groups in total. The summed E-state index contributed by atoms with van der Waals surface area (Å²) in [6, 6.07) is 3.78. The van der Waals surface area contributed by atoms with Crippen molar-refractivity contribution in [3.8, 4) is 5.75 Å². The van der Waals surface area contributed by atoms with Crippen molar-refractivity contribution < 1.29 is 19.4 Å². The summed E-state index contributed by atoms with van der Waals surface area (Å²) in [6.07, 6.45) is -0.279. The number of carboxylic acid groups (broad SMARTS) is 1. The monoisotopic (exact) mass is 316 g/mol. The van der Waals surface area contributed by atoms with E-state index < -0.39 is 17.9 Å². The Hall–Kier alpha value is -1.60. The van der Waals surface area contributed by atoms with E-state index in [1.165, 1.54) is 7.11 Å². The molecule has 0 aliphatic heterocycles.